The van der Waals surface area contributed by atoms with E-state index in [-0.39, 0.29) is 0 Å². The zero-order chi connectivity index (χ0) is 19.2. The van der Waals surface area contributed by atoms with Gasteiger partial charge in [0, 0.05) is 44.5 Å². The molecule has 27 heavy (non-hydrogen) atoms. The second-order valence-electron chi connectivity index (χ2n) is 6.91. The highest BCUT2D eigenvalue weighted by molar-refractivity contribution is 7.80. The third-order valence-corrected chi connectivity index (χ3v) is 4.74. The second kappa shape index (κ2) is 9.19. The maximum Gasteiger partial charge on any atom is 0.232 e. The summed E-state index contributed by atoms with van der Waals surface area (Å²) in [5.41, 5.74) is 1.25. The number of hydrogen-bond donors (Lipinski definition) is 2. The van der Waals surface area contributed by atoms with Gasteiger partial charge in [0.05, 0.1) is 0 Å². The zero-order valence-corrected chi connectivity index (χ0v) is 17.2. The van der Waals surface area contributed by atoms with E-state index < -0.39 is 0 Å². The van der Waals surface area contributed by atoms with Gasteiger partial charge in [0.15, 0.2) is 5.11 Å². The first-order valence-electron chi connectivity index (χ1n) is 9.15. The number of thiocarbonyl (C=S) groups is 1. The number of benzene rings is 1. The third-order valence-electron chi connectivity index (χ3n) is 4.30. The Morgan fingerprint density at radius 3 is 2.44 bits per heavy atom. The fourth-order valence-corrected chi connectivity index (χ4v) is 3.25. The Labute approximate surface area is 170 Å². The Kier molecular flexibility index (Phi) is 6.68. The van der Waals surface area contributed by atoms with E-state index in [1.54, 1.807) is 6.07 Å². The average Bonchev–Trinajstić information content (AvgIpc) is 2.67. The lowest BCUT2D eigenvalue weighted by molar-refractivity contribution is 0.627. The number of piperazine rings is 1. The molecule has 2 aromatic rings. The molecule has 1 aromatic carbocycles. The molecule has 0 radical (unpaired) electrons. The minimum absolute atomic E-state index is 0.402. The SMILES string of the molecule is CC(C)CNC(=S)Nc1nc(Cl)cc(N2CCN(c3ccccc3)CC2)n1. The van der Waals surface area contributed by atoms with Gasteiger partial charge in [0.2, 0.25) is 5.95 Å². The molecule has 1 aromatic heterocycles. The lowest BCUT2D eigenvalue weighted by Gasteiger charge is -2.36. The van der Waals surface area contributed by atoms with Gasteiger partial charge in [-0.3, -0.25) is 0 Å². The van der Waals surface area contributed by atoms with E-state index in [2.05, 4.69) is 68.5 Å². The first kappa shape index (κ1) is 19.6. The summed E-state index contributed by atoms with van der Waals surface area (Å²) < 4.78 is 0. The maximum absolute atomic E-state index is 6.21. The predicted molar refractivity (Wildman–Crippen MR) is 117 cm³/mol. The molecule has 2 N–H and O–H groups in total. The summed E-state index contributed by atoms with van der Waals surface area (Å²) in [5, 5.41) is 7.09. The van der Waals surface area contributed by atoms with E-state index in [1.165, 1.54) is 5.69 Å². The summed E-state index contributed by atoms with van der Waals surface area (Å²) in [6.45, 7) is 8.65. The summed E-state index contributed by atoms with van der Waals surface area (Å²) >= 11 is 11.5. The standard InChI is InChI=1S/C19H25ClN6S/c1-14(2)13-21-19(27)24-18-22-16(20)12-17(23-18)26-10-8-25(9-11-26)15-6-4-3-5-7-15/h3-7,12,14H,8-11,13H2,1-2H3,(H2,21,22,23,24,27). The van der Waals surface area contributed by atoms with Crippen molar-refractivity contribution in [1.29, 1.82) is 0 Å². The molecule has 0 aliphatic carbocycles. The van der Waals surface area contributed by atoms with Gasteiger partial charge in [0.1, 0.15) is 11.0 Å². The van der Waals surface area contributed by atoms with Crippen LogP contribution in [0.15, 0.2) is 36.4 Å². The number of halogens is 1. The van der Waals surface area contributed by atoms with Gasteiger partial charge < -0.3 is 20.4 Å². The van der Waals surface area contributed by atoms with Crippen molar-refractivity contribution in [3.8, 4) is 0 Å². The lowest BCUT2D eigenvalue weighted by Crippen LogP contribution is -2.47. The van der Waals surface area contributed by atoms with Crippen LogP contribution in [0.25, 0.3) is 0 Å². The van der Waals surface area contributed by atoms with Crippen LogP contribution < -0.4 is 20.4 Å². The Morgan fingerprint density at radius 2 is 1.78 bits per heavy atom. The summed E-state index contributed by atoms with van der Waals surface area (Å²) in [5.74, 6) is 1.74. The van der Waals surface area contributed by atoms with Crippen LogP contribution in [0.5, 0.6) is 0 Å². The Bertz CT molecular complexity index is 762. The minimum atomic E-state index is 0.402. The van der Waals surface area contributed by atoms with Gasteiger partial charge in [-0.25, -0.2) is 4.98 Å². The Hall–Kier alpha value is -2.12. The van der Waals surface area contributed by atoms with Gasteiger partial charge >= 0.3 is 0 Å². The molecule has 2 heterocycles. The van der Waals surface area contributed by atoms with Crippen molar-refractivity contribution in [2.24, 2.45) is 5.92 Å². The molecule has 8 heteroatoms. The van der Waals surface area contributed by atoms with E-state index in [0.29, 0.717) is 22.1 Å². The van der Waals surface area contributed by atoms with E-state index >= 15 is 0 Å². The van der Waals surface area contributed by atoms with Crippen LogP contribution in [-0.4, -0.2) is 47.8 Å². The number of para-hydroxylation sites is 1. The predicted octanol–water partition coefficient (Wildman–Crippen LogP) is 3.40. The average molecular weight is 405 g/mol. The fourth-order valence-electron chi connectivity index (χ4n) is 2.90. The third kappa shape index (κ3) is 5.68. The molecule has 1 aliphatic rings. The molecule has 0 bridgehead atoms. The largest absolute Gasteiger partial charge is 0.368 e. The quantitative estimate of drug-likeness (QED) is 0.585. The van der Waals surface area contributed by atoms with Crippen molar-refractivity contribution >= 4 is 46.4 Å². The molecule has 1 saturated heterocycles. The van der Waals surface area contributed by atoms with Gasteiger partial charge in [0.25, 0.3) is 0 Å². The molecule has 0 saturated carbocycles. The molecule has 1 fully saturated rings. The van der Waals surface area contributed by atoms with E-state index in [1.807, 2.05) is 6.07 Å². The molecule has 144 valence electrons. The molecule has 3 rings (SSSR count). The molecule has 0 amide bonds. The van der Waals surface area contributed by atoms with E-state index in [9.17, 15) is 0 Å². The van der Waals surface area contributed by atoms with E-state index in [4.69, 9.17) is 23.8 Å². The van der Waals surface area contributed by atoms with Gasteiger partial charge in [-0.2, -0.15) is 4.98 Å². The zero-order valence-electron chi connectivity index (χ0n) is 15.7. The van der Waals surface area contributed by atoms with Crippen LogP contribution in [0.3, 0.4) is 0 Å². The first-order chi connectivity index (χ1) is 13.0. The van der Waals surface area contributed by atoms with E-state index in [0.717, 1.165) is 38.5 Å². The highest BCUT2D eigenvalue weighted by atomic mass is 35.5. The number of anilines is 3. The molecule has 1 aliphatic heterocycles. The highest BCUT2D eigenvalue weighted by Crippen LogP contribution is 2.22. The first-order valence-corrected chi connectivity index (χ1v) is 9.94. The lowest BCUT2D eigenvalue weighted by atomic mass is 10.2. The number of aromatic nitrogens is 2. The van der Waals surface area contributed by atoms with Crippen LogP contribution in [0.2, 0.25) is 5.15 Å². The van der Waals surface area contributed by atoms with Gasteiger partial charge in [-0.15, -0.1) is 0 Å². The topological polar surface area (TPSA) is 56.3 Å². The minimum Gasteiger partial charge on any atom is -0.368 e. The summed E-state index contributed by atoms with van der Waals surface area (Å²) in [7, 11) is 0. The van der Waals surface area contributed by atoms with Crippen LogP contribution >= 0.6 is 23.8 Å². The smallest absolute Gasteiger partial charge is 0.232 e. The van der Waals surface area contributed by atoms with Crippen LogP contribution in [-0.2, 0) is 0 Å². The fraction of sp³-hybridized carbons (Fsp3) is 0.421. The van der Waals surface area contributed by atoms with Crippen LogP contribution in [0.1, 0.15) is 13.8 Å². The normalized spacial score (nSPS) is 14.4. The van der Waals surface area contributed by atoms with Gasteiger partial charge in [-0.05, 0) is 30.3 Å². The summed E-state index contributed by atoms with van der Waals surface area (Å²) in [6.07, 6.45) is 0. The van der Waals surface area contributed by atoms with Crippen molar-refractivity contribution in [2.45, 2.75) is 13.8 Å². The Morgan fingerprint density at radius 1 is 1.11 bits per heavy atom. The molecule has 0 spiro atoms. The number of nitrogens with zero attached hydrogens (tertiary/aromatic N) is 4. The van der Waals surface area contributed by atoms with Crippen molar-refractivity contribution in [1.82, 2.24) is 15.3 Å². The number of nitrogens with one attached hydrogen (secondary N) is 2. The molecule has 0 unspecified atom stereocenters. The highest BCUT2D eigenvalue weighted by Gasteiger charge is 2.19. The molecular weight excluding hydrogens is 380 g/mol. The van der Waals surface area contributed by atoms with Crippen molar-refractivity contribution in [3.05, 3.63) is 41.6 Å². The molecule has 6 nitrogen and oxygen atoms in total. The van der Waals surface area contributed by atoms with Crippen molar-refractivity contribution in [2.75, 3.05) is 47.8 Å². The second-order valence-corrected chi connectivity index (χ2v) is 7.71. The number of rotatable bonds is 5. The number of hydrogen-bond acceptors (Lipinski definition) is 5. The monoisotopic (exact) mass is 404 g/mol. The summed E-state index contributed by atoms with van der Waals surface area (Å²) in [4.78, 5) is 13.4. The molecule has 0 atom stereocenters. The van der Waals surface area contributed by atoms with Crippen molar-refractivity contribution in [3.63, 3.8) is 0 Å². The van der Waals surface area contributed by atoms with Crippen molar-refractivity contribution < 1.29 is 0 Å². The maximum atomic E-state index is 6.21. The Balaban J connectivity index is 1.62. The van der Waals surface area contributed by atoms with Crippen LogP contribution in [0.4, 0.5) is 17.5 Å². The summed E-state index contributed by atoms with van der Waals surface area (Å²) in [6, 6.07) is 12.3. The molecular formula is C19H25ClN6S. The van der Waals surface area contributed by atoms with Crippen LogP contribution in [0, 0.1) is 5.92 Å². The van der Waals surface area contributed by atoms with Gasteiger partial charge in [-0.1, -0.05) is 43.6 Å².